The Bertz CT molecular complexity index is 401. The molecular formula is C9H12FN3O2. The minimum absolute atomic E-state index is 0.0800. The van der Waals surface area contributed by atoms with Gasteiger partial charge in [0.2, 0.25) is 0 Å². The van der Waals surface area contributed by atoms with E-state index in [-0.39, 0.29) is 18.5 Å². The summed E-state index contributed by atoms with van der Waals surface area (Å²) in [5.74, 6) is -0.197. The molecule has 0 saturated heterocycles. The number of rotatable bonds is 3. The quantitative estimate of drug-likeness (QED) is 0.665. The molecule has 1 fully saturated rings. The van der Waals surface area contributed by atoms with Crippen molar-refractivity contribution in [1.29, 1.82) is 0 Å². The summed E-state index contributed by atoms with van der Waals surface area (Å²) < 4.78 is 13.1. The van der Waals surface area contributed by atoms with Crippen LogP contribution in [0.3, 0.4) is 0 Å². The molecule has 82 valence electrons. The lowest BCUT2D eigenvalue weighted by atomic mass is 9.81. The van der Waals surface area contributed by atoms with Crippen molar-refractivity contribution in [2.45, 2.75) is 18.9 Å². The molecule has 6 heteroatoms. The summed E-state index contributed by atoms with van der Waals surface area (Å²) >= 11 is 0. The third-order valence-electron chi connectivity index (χ3n) is 2.61. The third kappa shape index (κ3) is 2.15. The van der Waals surface area contributed by atoms with Gasteiger partial charge in [-0.25, -0.2) is 9.18 Å². The molecule has 0 aromatic carbocycles. The molecule has 0 bridgehead atoms. The Morgan fingerprint density at radius 3 is 3.07 bits per heavy atom. The van der Waals surface area contributed by atoms with Crippen LogP contribution >= 0.6 is 0 Å². The minimum Gasteiger partial charge on any atom is -0.396 e. The Kier molecular flexibility index (Phi) is 2.68. The van der Waals surface area contributed by atoms with Gasteiger partial charge in [-0.2, -0.15) is 4.98 Å². The Labute approximate surface area is 85.4 Å². The average Bonchev–Trinajstić information content (AvgIpc) is 2.16. The van der Waals surface area contributed by atoms with Gasteiger partial charge in [0.25, 0.3) is 0 Å². The van der Waals surface area contributed by atoms with E-state index in [1.165, 1.54) is 0 Å². The van der Waals surface area contributed by atoms with E-state index in [1.54, 1.807) is 0 Å². The van der Waals surface area contributed by atoms with Gasteiger partial charge in [0.05, 0.1) is 6.20 Å². The second-order valence-electron chi connectivity index (χ2n) is 3.77. The largest absolute Gasteiger partial charge is 0.396 e. The van der Waals surface area contributed by atoms with E-state index >= 15 is 0 Å². The summed E-state index contributed by atoms with van der Waals surface area (Å²) in [6.45, 7) is 0.160. The molecule has 1 saturated carbocycles. The zero-order chi connectivity index (χ0) is 10.8. The van der Waals surface area contributed by atoms with Crippen molar-refractivity contribution in [3.8, 4) is 0 Å². The molecule has 0 unspecified atom stereocenters. The van der Waals surface area contributed by atoms with Crippen molar-refractivity contribution in [3.63, 3.8) is 0 Å². The van der Waals surface area contributed by atoms with Crippen LogP contribution in [-0.4, -0.2) is 27.7 Å². The van der Waals surface area contributed by atoms with Gasteiger partial charge in [0.15, 0.2) is 5.82 Å². The molecule has 0 spiro atoms. The maximum Gasteiger partial charge on any atom is 0.346 e. The predicted octanol–water partition coefficient (Wildman–Crippen LogP) is 0.0918. The van der Waals surface area contributed by atoms with Crippen LogP contribution in [-0.2, 0) is 0 Å². The van der Waals surface area contributed by atoms with Crippen molar-refractivity contribution >= 4 is 5.82 Å². The van der Waals surface area contributed by atoms with Gasteiger partial charge in [0, 0.05) is 12.6 Å². The second-order valence-corrected chi connectivity index (χ2v) is 3.77. The van der Waals surface area contributed by atoms with E-state index in [9.17, 15) is 9.18 Å². The lowest BCUT2D eigenvalue weighted by Crippen LogP contribution is -2.38. The number of H-pyrrole nitrogens is 1. The normalized spacial score (nSPS) is 24.7. The molecular weight excluding hydrogens is 201 g/mol. The number of hydrogen-bond donors (Lipinski definition) is 3. The van der Waals surface area contributed by atoms with Crippen LogP contribution in [0.2, 0.25) is 0 Å². The number of aliphatic hydroxyl groups excluding tert-OH is 1. The van der Waals surface area contributed by atoms with E-state index in [0.717, 1.165) is 19.0 Å². The second kappa shape index (κ2) is 3.98. The fourth-order valence-electron chi connectivity index (χ4n) is 1.69. The van der Waals surface area contributed by atoms with Gasteiger partial charge in [-0.05, 0) is 18.8 Å². The molecule has 1 aliphatic carbocycles. The van der Waals surface area contributed by atoms with Crippen LogP contribution in [0.25, 0.3) is 0 Å². The minimum atomic E-state index is -0.572. The first-order valence-electron chi connectivity index (χ1n) is 4.81. The molecule has 0 radical (unpaired) electrons. The Balaban J connectivity index is 2.00. The predicted molar refractivity (Wildman–Crippen MR) is 52.0 cm³/mol. The first-order valence-corrected chi connectivity index (χ1v) is 4.81. The number of aromatic amines is 1. The number of nitrogens with one attached hydrogen (secondary N) is 2. The zero-order valence-corrected chi connectivity index (χ0v) is 8.03. The highest BCUT2D eigenvalue weighted by atomic mass is 19.1. The van der Waals surface area contributed by atoms with E-state index in [0.29, 0.717) is 5.92 Å². The number of aliphatic hydroxyl groups is 1. The van der Waals surface area contributed by atoms with Crippen molar-refractivity contribution in [1.82, 2.24) is 9.97 Å². The van der Waals surface area contributed by atoms with Crippen LogP contribution < -0.4 is 11.0 Å². The number of hydrogen-bond acceptors (Lipinski definition) is 4. The molecule has 1 aliphatic rings. The molecule has 0 aliphatic heterocycles. The van der Waals surface area contributed by atoms with E-state index in [4.69, 9.17) is 5.11 Å². The zero-order valence-electron chi connectivity index (χ0n) is 8.03. The van der Waals surface area contributed by atoms with Crippen LogP contribution in [0, 0.1) is 11.7 Å². The third-order valence-corrected chi connectivity index (χ3v) is 2.61. The summed E-state index contributed by atoms with van der Waals surface area (Å²) in [6, 6.07) is 0.120. The monoisotopic (exact) mass is 213 g/mol. The first kappa shape index (κ1) is 10.1. The fraction of sp³-hybridized carbons (Fsp3) is 0.556. The SMILES string of the molecule is O=c1ncc(F)c(NC2CC(CO)C2)[nH]1. The Morgan fingerprint density at radius 1 is 1.67 bits per heavy atom. The Hall–Kier alpha value is -1.43. The highest BCUT2D eigenvalue weighted by molar-refractivity contribution is 5.35. The van der Waals surface area contributed by atoms with Gasteiger partial charge in [0.1, 0.15) is 5.82 Å². The molecule has 2 rings (SSSR count). The molecule has 1 heterocycles. The van der Waals surface area contributed by atoms with Crippen LogP contribution in [0.4, 0.5) is 10.2 Å². The van der Waals surface area contributed by atoms with E-state index < -0.39 is 11.5 Å². The number of aromatic nitrogens is 2. The van der Waals surface area contributed by atoms with Gasteiger partial charge >= 0.3 is 5.69 Å². The topological polar surface area (TPSA) is 78.0 Å². The lowest BCUT2D eigenvalue weighted by Gasteiger charge is -2.34. The average molecular weight is 213 g/mol. The van der Waals surface area contributed by atoms with Crippen molar-refractivity contribution in [2.75, 3.05) is 11.9 Å². The molecule has 0 atom stereocenters. The maximum absolute atomic E-state index is 13.1. The molecule has 1 aromatic heterocycles. The fourth-order valence-corrected chi connectivity index (χ4v) is 1.69. The lowest BCUT2D eigenvalue weighted by molar-refractivity contribution is 0.151. The number of nitrogens with zero attached hydrogens (tertiary/aromatic N) is 1. The summed E-state index contributed by atoms with van der Waals surface area (Å²) in [5, 5.41) is 11.7. The highest BCUT2D eigenvalue weighted by Gasteiger charge is 2.28. The molecule has 5 nitrogen and oxygen atoms in total. The molecule has 15 heavy (non-hydrogen) atoms. The van der Waals surface area contributed by atoms with Crippen LogP contribution in [0.15, 0.2) is 11.0 Å². The molecule has 1 aromatic rings. The summed E-state index contributed by atoms with van der Waals surface area (Å²) in [7, 11) is 0. The number of halogens is 1. The molecule has 3 N–H and O–H groups in total. The smallest absolute Gasteiger partial charge is 0.346 e. The molecule has 0 amide bonds. The Morgan fingerprint density at radius 2 is 2.40 bits per heavy atom. The van der Waals surface area contributed by atoms with Crippen LogP contribution in [0.5, 0.6) is 0 Å². The van der Waals surface area contributed by atoms with Crippen molar-refractivity contribution < 1.29 is 9.50 Å². The van der Waals surface area contributed by atoms with Gasteiger partial charge in [-0.15, -0.1) is 0 Å². The number of anilines is 1. The van der Waals surface area contributed by atoms with Gasteiger partial charge in [-0.3, -0.25) is 4.98 Å². The van der Waals surface area contributed by atoms with Crippen LogP contribution in [0.1, 0.15) is 12.8 Å². The van der Waals surface area contributed by atoms with E-state index in [1.807, 2.05) is 0 Å². The summed E-state index contributed by atoms with van der Waals surface area (Å²) in [5.41, 5.74) is -0.572. The standard InChI is InChI=1S/C9H12FN3O2/c10-7-3-11-9(15)13-8(7)12-6-1-5(2-6)4-14/h3,5-6,14H,1-2,4H2,(H2,11,12,13,15). The van der Waals surface area contributed by atoms with Gasteiger partial charge in [-0.1, -0.05) is 0 Å². The van der Waals surface area contributed by atoms with Crippen molar-refractivity contribution in [2.24, 2.45) is 5.92 Å². The first-order chi connectivity index (χ1) is 7.19. The maximum atomic E-state index is 13.1. The summed E-state index contributed by atoms with van der Waals surface area (Å²) in [4.78, 5) is 16.4. The highest BCUT2D eigenvalue weighted by Crippen LogP contribution is 2.29. The summed E-state index contributed by atoms with van der Waals surface area (Å²) in [6.07, 6.45) is 2.48. The van der Waals surface area contributed by atoms with Gasteiger partial charge < -0.3 is 10.4 Å². The van der Waals surface area contributed by atoms with Crippen molar-refractivity contribution in [3.05, 3.63) is 22.5 Å². The van der Waals surface area contributed by atoms with E-state index in [2.05, 4.69) is 15.3 Å².